The van der Waals surface area contributed by atoms with Crippen molar-refractivity contribution in [3.8, 4) is 0 Å². The number of carbonyl (C=O) groups excluding carboxylic acids is 1. The molecule has 3 heterocycles. The van der Waals surface area contributed by atoms with E-state index in [1.165, 1.54) is 31.2 Å². The van der Waals surface area contributed by atoms with Gasteiger partial charge in [0.1, 0.15) is 5.65 Å². The first kappa shape index (κ1) is 18.7. The summed E-state index contributed by atoms with van der Waals surface area (Å²) in [6.45, 7) is 4.76. The van der Waals surface area contributed by atoms with Crippen molar-refractivity contribution in [2.75, 3.05) is 19.6 Å². The Kier molecular flexibility index (Phi) is 5.72. The third-order valence-electron chi connectivity index (χ3n) is 5.56. The Balaban J connectivity index is 1.50. The molecule has 0 bridgehead atoms. The van der Waals surface area contributed by atoms with Gasteiger partial charge >= 0.3 is 0 Å². The molecule has 4 rings (SSSR count). The highest BCUT2D eigenvalue weighted by Gasteiger charge is 2.22. The van der Waals surface area contributed by atoms with E-state index in [0.717, 1.165) is 24.4 Å². The molecule has 1 amide bonds. The van der Waals surface area contributed by atoms with E-state index in [1.54, 1.807) is 0 Å². The number of rotatable bonds is 5. The lowest BCUT2D eigenvalue weighted by molar-refractivity contribution is 0.0932. The number of hydrogen-bond acceptors (Lipinski definition) is 3. The molecule has 1 aliphatic heterocycles. The van der Waals surface area contributed by atoms with Gasteiger partial charge in [0.2, 0.25) is 0 Å². The van der Waals surface area contributed by atoms with E-state index >= 15 is 0 Å². The van der Waals surface area contributed by atoms with Crippen LogP contribution in [0.15, 0.2) is 54.9 Å². The molecule has 1 aromatic carbocycles. The molecule has 5 heteroatoms. The number of imidazole rings is 1. The average Bonchev–Trinajstić information content (AvgIpc) is 2.90. The van der Waals surface area contributed by atoms with Crippen molar-refractivity contribution in [3.63, 3.8) is 0 Å². The zero-order chi connectivity index (χ0) is 19.3. The van der Waals surface area contributed by atoms with Crippen molar-refractivity contribution >= 4 is 11.6 Å². The first-order valence-electron chi connectivity index (χ1n) is 10.2. The molecule has 0 aliphatic carbocycles. The average molecular weight is 377 g/mol. The molecule has 146 valence electrons. The second kappa shape index (κ2) is 8.57. The maximum atomic E-state index is 12.8. The fraction of sp³-hybridized carbons (Fsp3) is 0.391. The van der Waals surface area contributed by atoms with E-state index in [4.69, 9.17) is 0 Å². The number of carbonyl (C=O) groups is 1. The number of fused-ring (bicyclic) bond motifs is 1. The zero-order valence-corrected chi connectivity index (χ0v) is 16.5. The quantitative estimate of drug-likeness (QED) is 0.732. The van der Waals surface area contributed by atoms with Crippen LogP contribution in [0.5, 0.6) is 0 Å². The Labute approximate surface area is 166 Å². The van der Waals surface area contributed by atoms with Gasteiger partial charge in [-0.1, -0.05) is 43.2 Å². The fourth-order valence-corrected chi connectivity index (χ4v) is 4.08. The summed E-state index contributed by atoms with van der Waals surface area (Å²) >= 11 is 0. The molecular weight excluding hydrogens is 348 g/mol. The summed E-state index contributed by atoms with van der Waals surface area (Å²) in [5, 5.41) is 3.17. The van der Waals surface area contributed by atoms with Crippen molar-refractivity contribution in [2.24, 2.45) is 0 Å². The number of benzene rings is 1. The van der Waals surface area contributed by atoms with Crippen molar-refractivity contribution in [2.45, 2.75) is 38.6 Å². The zero-order valence-electron chi connectivity index (χ0n) is 16.5. The molecule has 5 nitrogen and oxygen atoms in total. The van der Waals surface area contributed by atoms with Crippen molar-refractivity contribution in [1.29, 1.82) is 0 Å². The maximum absolute atomic E-state index is 12.8. The van der Waals surface area contributed by atoms with Gasteiger partial charge in [0.25, 0.3) is 5.91 Å². The van der Waals surface area contributed by atoms with Crippen LogP contribution in [0.3, 0.4) is 0 Å². The normalized spacial score (nSPS) is 16.6. The first-order chi connectivity index (χ1) is 13.7. The number of hydrogen-bond donors (Lipinski definition) is 1. The molecule has 1 fully saturated rings. The number of aromatic nitrogens is 2. The molecular formula is C23H28N4O. The smallest absolute Gasteiger partial charge is 0.252 e. The van der Waals surface area contributed by atoms with Gasteiger partial charge in [0, 0.05) is 18.9 Å². The fourth-order valence-electron chi connectivity index (χ4n) is 4.08. The van der Waals surface area contributed by atoms with Gasteiger partial charge in [-0.15, -0.1) is 0 Å². The first-order valence-corrected chi connectivity index (χ1v) is 10.2. The summed E-state index contributed by atoms with van der Waals surface area (Å²) < 4.78 is 1.91. The molecule has 3 aromatic rings. The lowest BCUT2D eigenvalue weighted by Gasteiger charge is -2.31. The molecule has 0 spiro atoms. The van der Waals surface area contributed by atoms with Gasteiger partial charge < -0.3 is 9.72 Å². The molecule has 2 aromatic heterocycles. The summed E-state index contributed by atoms with van der Waals surface area (Å²) in [6.07, 6.45) is 8.86. The molecule has 1 unspecified atom stereocenters. The molecule has 0 radical (unpaired) electrons. The monoisotopic (exact) mass is 376 g/mol. The van der Waals surface area contributed by atoms with Gasteiger partial charge in [-0.2, -0.15) is 0 Å². The van der Waals surface area contributed by atoms with Crippen LogP contribution in [0.1, 0.15) is 53.3 Å². The third-order valence-corrected chi connectivity index (χ3v) is 5.56. The molecule has 1 N–H and O–H groups in total. The standard InChI is InChI=1S/C23H28N4O/c1-18-16-27-17-20(11-12-22(27)25-18)23(28)24-15-21(19-9-5-4-6-10-19)26-13-7-2-3-8-14-26/h4-6,9-12,16-17,21H,2-3,7-8,13-15H2,1H3,(H,24,28). The van der Waals surface area contributed by atoms with E-state index in [0.29, 0.717) is 12.1 Å². The minimum Gasteiger partial charge on any atom is -0.350 e. The highest BCUT2D eigenvalue weighted by Crippen LogP contribution is 2.24. The number of pyridine rings is 1. The van der Waals surface area contributed by atoms with Crippen molar-refractivity contribution in [3.05, 3.63) is 71.7 Å². The topological polar surface area (TPSA) is 49.6 Å². The van der Waals surface area contributed by atoms with Gasteiger partial charge in [0.15, 0.2) is 0 Å². The second-order valence-corrected chi connectivity index (χ2v) is 7.65. The lowest BCUT2D eigenvalue weighted by Crippen LogP contribution is -2.38. The summed E-state index contributed by atoms with van der Waals surface area (Å²) in [5.41, 5.74) is 3.74. The minimum atomic E-state index is -0.0380. The number of amides is 1. The van der Waals surface area contributed by atoms with E-state index in [1.807, 2.05) is 41.9 Å². The van der Waals surface area contributed by atoms with Crippen molar-refractivity contribution in [1.82, 2.24) is 19.6 Å². The van der Waals surface area contributed by atoms with Crippen LogP contribution < -0.4 is 5.32 Å². The Morgan fingerprint density at radius 3 is 2.54 bits per heavy atom. The van der Waals surface area contributed by atoms with Crippen LogP contribution in [-0.2, 0) is 0 Å². The molecule has 0 saturated carbocycles. The van der Waals surface area contributed by atoms with Crippen LogP contribution in [0.4, 0.5) is 0 Å². The highest BCUT2D eigenvalue weighted by atomic mass is 16.1. The number of aryl methyl sites for hydroxylation is 1. The SMILES string of the molecule is Cc1cn2cc(C(=O)NCC(c3ccccc3)N3CCCCCC3)ccc2n1. The van der Waals surface area contributed by atoms with Crippen molar-refractivity contribution < 1.29 is 4.79 Å². The second-order valence-electron chi connectivity index (χ2n) is 7.65. The van der Waals surface area contributed by atoms with Crippen LogP contribution >= 0.6 is 0 Å². The van der Waals surface area contributed by atoms with E-state index < -0.39 is 0 Å². The number of likely N-dealkylation sites (tertiary alicyclic amines) is 1. The van der Waals surface area contributed by atoms with E-state index in [-0.39, 0.29) is 11.9 Å². The predicted octanol–water partition coefficient (Wildman–Crippen LogP) is 3.99. The van der Waals surface area contributed by atoms with Crippen LogP contribution in [-0.4, -0.2) is 39.8 Å². The van der Waals surface area contributed by atoms with Crippen LogP contribution in [0, 0.1) is 6.92 Å². The number of nitrogens with one attached hydrogen (secondary N) is 1. The van der Waals surface area contributed by atoms with E-state index in [2.05, 4.69) is 39.5 Å². The highest BCUT2D eigenvalue weighted by molar-refractivity contribution is 5.94. The minimum absolute atomic E-state index is 0.0380. The predicted molar refractivity (Wildman–Crippen MR) is 111 cm³/mol. The third kappa shape index (κ3) is 4.25. The van der Waals surface area contributed by atoms with Gasteiger partial charge in [0.05, 0.1) is 17.3 Å². The van der Waals surface area contributed by atoms with Gasteiger partial charge in [-0.3, -0.25) is 9.69 Å². The largest absolute Gasteiger partial charge is 0.350 e. The summed E-state index contributed by atoms with van der Waals surface area (Å²) in [4.78, 5) is 19.8. The summed E-state index contributed by atoms with van der Waals surface area (Å²) in [7, 11) is 0. The molecule has 1 atom stereocenters. The van der Waals surface area contributed by atoms with Crippen LogP contribution in [0.25, 0.3) is 5.65 Å². The van der Waals surface area contributed by atoms with E-state index in [9.17, 15) is 4.79 Å². The maximum Gasteiger partial charge on any atom is 0.252 e. The molecule has 1 aliphatic rings. The number of nitrogens with zero attached hydrogens (tertiary/aromatic N) is 3. The summed E-state index contributed by atoms with van der Waals surface area (Å²) in [5.74, 6) is -0.0380. The van der Waals surface area contributed by atoms with Gasteiger partial charge in [-0.05, 0) is 50.6 Å². The van der Waals surface area contributed by atoms with Crippen LogP contribution in [0.2, 0.25) is 0 Å². The van der Waals surface area contributed by atoms with Gasteiger partial charge in [-0.25, -0.2) is 4.98 Å². The lowest BCUT2D eigenvalue weighted by atomic mass is 10.0. The molecule has 1 saturated heterocycles. The Hall–Kier alpha value is -2.66. The summed E-state index contributed by atoms with van der Waals surface area (Å²) in [6, 6.07) is 14.5. The Bertz CT molecular complexity index is 926. The molecule has 28 heavy (non-hydrogen) atoms. The Morgan fingerprint density at radius 1 is 1.04 bits per heavy atom. The Morgan fingerprint density at radius 2 is 1.79 bits per heavy atom.